The van der Waals surface area contributed by atoms with Gasteiger partial charge in [0.05, 0.1) is 23.7 Å². The van der Waals surface area contributed by atoms with Gasteiger partial charge in [-0.25, -0.2) is 14.1 Å². The van der Waals surface area contributed by atoms with Gasteiger partial charge in [0, 0.05) is 15.4 Å². The van der Waals surface area contributed by atoms with Crippen LogP contribution in [-0.4, -0.2) is 15.8 Å². The topological polar surface area (TPSA) is 85.9 Å². The number of nitrogens with zero attached hydrogens (tertiary/aromatic N) is 4. The second-order valence-electron chi connectivity index (χ2n) is 5.99. The summed E-state index contributed by atoms with van der Waals surface area (Å²) in [5.74, 6) is -0.480. The van der Waals surface area contributed by atoms with Crippen molar-refractivity contribution in [2.24, 2.45) is 10.1 Å². The summed E-state index contributed by atoms with van der Waals surface area (Å²) >= 11 is 4.77. The summed E-state index contributed by atoms with van der Waals surface area (Å²) in [6, 6.07) is 16.2. The molecular formula is C20H12BrFN4O3S. The van der Waals surface area contributed by atoms with Crippen LogP contribution in [0.1, 0.15) is 5.76 Å². The summed E-state index contributed by atoms with van der Waals surface area (Å²) in [6.45, 7) is 0. The molecule has 0 bridgehead atoms. The first-order valence-corrected chi connectivity index (χ1v) is 10.2. The van der Waals surface area contributed by atoms with Crippen LogP contribution in [0.2, 0.25) is 0 Å². The normalized spacial score (nSPS) is 12.0. The molecule has 30 heavy (non-hydrogen) atoms. The van der Waals surface area contributed by atoms with Gasteiger partial charge in [0.1, 0.15) is 10.7 Å². The molecule has 4 aromatic rings. The van der Waals surface area contributed by atoms with Crippen LogP contribution in [0.15, 0.2) is 85.0 Å². The Balaban J connectivity index is 1.80. The number of benzene rings is 2. The van der Waals surface area contributed by atoms with E-state index in [0.717, 1.165) is 15.7 Å². The standard InChI is InChI=1S/C20H12BrFN4O3S/c21-14-3-1-13(2-4-14)18-12-30-20(24-16-7-5-15(22)6-8-16)25(18)23-11-17-9-10-19(29-17)26(27)28/h1-12H. The monoisotopic (exact) mass is 486 g/mol. The Kier molecular flexibility index (Phi) is 5.68. The third-order valence-corrected chi connectivity index (χ3v) is 5.31. The summed E-state index contributed by atoms with van der Waals surface area (Å²) in [5.41, 5.74) is 2.24. The minimum Gasteiger partial charge on any atom is -0.400 e. The molecule has 2 aromatic carbocycles. The van der Waals surface area contributed by atoms with Crippen molar-refractivity contribution in [3.8, 4) is 11.3 Å². The first-order valence-electron chi connectivity index (χ1n) is 8.55. The quantitative estimate of drug-likeness (QED) is 0.205. The highest BCUT2D eigenvalue weighted by Gasteiger charge is 2.11. The molecule has 4 rings (SSSR count). The van der Waals surface area contributed by atoms with E-state index in [-0.39, 0.29) is 17.5 Å². The van der Waals surface area contributed by atoms with Gasteiger partial charge in [0.15, 0.2) is 5.76 Å². The fourth-order valence-electron chi connectivity index (χ4n) is 2.56. The zero-order chi connectivity index (χ0) is 21.1. The number of rotatable bonds is 5. The maximum atomic E-state index is 13.2. The van der Waals surface area contributed by atoms with Crippen molar-refractivity contribution in [2.75, 3.05) is 0 Å². The van der Waals surface area contributed by atoms with Crippen LogP contribution in [0.5, 0.6) is 0 Å². The molecule has 150 valence electrons. The van der Waals surface area contributed by atoms with Crippen molar-refractivity contribution in [3.05, 3.63) is 97.0 Å². The van der Waals surface area contributed by atoms with E-state index in [9.17, 15) is 14.5 Å². The third-order valence-electron chi connectivity index (χ3n) is 3.97. The Morgan fingerprint density at radius 2 is 1.83 bits per heavy atom. The average Bonchev–Trinajstić information content (AvgIpc) is 3.36. The Morgan fingerprint density at radius 1 is 1.10 bits per heavy atom. The molecule has 7 nitrogen and oxygen atoms in total. The Bertz CT molecular complexity index is 1290. The first kappa shape index (κ1) is 19.9. The Labute approximate surface area is 181 Å². The predicted octanol–water partition coefficient (Wildman–Crippen LogP) is 5.73. The fourth-order valence-corrected chi connectivity index (χ4v) is 3.68. The number of thiazole rings is 1. The highest BCUT2D eigenvalue weighted by atomic mass is 79.9. The maximum absolute atomic E-state index is 13.2. The largest absolute Gasteiger partial charge is 0.433 e. The van der Waals surface area contributed by atoms with Crippen LogP contribution in [-0.2, 0) is 0 Å². The molecule has 0 N–H and O–H groups in total. The summed E-state index contributed by atoms with van der Waals surface area (Å²) in [4.78, 5) is 15.3. The smallest absolute Gasteiger partial charge is 0.400 e. The zero-order valence-corrected chi connectivity index (χ0v) is 17.5. The number of nitro groups is 1. The lowest BCUT2D eigenvalue weighted by Gasteiger charge is -2.03. The Morgan fingerprint density at radius 3 is 2.50 bits per heavy atom. The van der Waals surface area contributed by atoms with Gasteiger partial charge in [-0.3, -0.25) is 10.1 Å². The SMILES string of the molecule is O=[N+]([O-])c1ccc(C=Nn2c(-c3ccc(Br)cc3)csc2=Nc2ccc(F)cc2)o1. The van der Waals surface area contributed by atoms with E-state index in [1.54, 1.807) is 16.8 Å². The molecule has 0 atom stereocenters. The molecule has 2 aromatic heterocycles. The molecule has 10 heteroatoms. The van der Waals surface area contributed by atoms with Gasteiger partial charge in [-0.15, -0.1) is 11.3 Å². The molecule has 2 heterocycles. The Hall–Kier alpha value is -3.37. The predicted molar refractivity (Wildman–Crippen MR) is 115 cm³/mol. The maximum Gasteiger partial charge on any atom is 0.433 e. The lowest BCUT2D eigenvalue weighted by Crippen LogP contribution is -2.11. The minimum absolute atomic E-state index is 0.231. The van der Waals surface area contributed by atoms with Gasteiger partial charge >= 0.3 is 5.88 Å². The number of furan rings is 1. The highest BCUT2D eigenvalue weighted by molar-refractivity contribution is 9.10. The molecule has 0 unspecified atom stereocenters. The van der Waals surface area contributed by atoms with Crippen LogP contribution in [0.25, 0.3) is 11.3 Å². The van der Waals surface area contributed by atoms with E-state index in [4.69, 9.17) is 4.42 Å². The van der Waals surface area contributed by atoms with Gasteiger partial charge in [0.25, 0.3) is 0 Å². The van der Waals surface area contributed by atoms with Crippen LogP contribution in [0.4, 0.5) is 16.0 Å². The van der Waals surface area contributed by atoms with E-state index in [0.29, 0.717) is 10.5 Å². The van der Waals surface area contributed by atoms with Crippen LogP contribution < -0.4 is 4.80 Å². The lowest BCUT2D eigenvalue weighted by atomic mass is 10.2. The minimum atomic E-state index is -0.613. The molecule has 0 fully saturated rings. The van der Waals surface area contributed by atoms with E-state index in [2.05, 4.69) is 26.0 Å². The molecule has 0 spiro atoms. The summed E-state index contributed by atoms with van der Waals surface area (Å²) in [7, 11) is 0. The molecule has 0 radical (unpaired) electrons. The van der Waals surface area contributed by atoms with Gasteiger partial charge in [0.2, 0.25) is 4.80 Å². The second kappa shape index (κ2) is 8.56. The van der Waals surface area contributed by atoms with Crippen molar-refractivity contribution < 1.29 is 13.7 Å². The summed E-state index contributed by atoms with van der Waals surface area (Å²) in [5, 5.41) is 17.1. The fraction of sp³-hybridized carbons (Fsp3) is 0. The molecular weight excluding hydrogens is 475 g/mol. The molecule has 0 aliphatic heterocycles. The van der Waals surface area contributed by atoms with E-state index in [1.165, 1.54) is 41.8 Å². The van der Waals surface area contributed by atoms with Gasteiger partial charge in [-0.05, 0) is 42.5 Å². The first-order chi connectivity index (χ1) is 14.5. The van der Waals surface area contributed by atoms with Gasteiger partial charge in [-0.1, -0.05) is 28.1 Å². The van der Waals surface area contributed by atoms with Gasteiger partial charge < -0.3 is 4.42 Å². The summed E-state index contributed by atoms with van der Waals surface area (Å²) in [6.07, 6.45) is 1.38. The van der Waals surface area contributed by atoms with Crippen LogP contribution in [0.3, 0.4) is 0 Å². The zero-order valence-electron chi connectivity index (χ0n) is 15.1. The number of aromatic nitrogens is 1. The molecule has 0 aliphatic rings. The summed E-state index contributed by atoms with van der Waals surface area (Å²) < 4.78 is 20.9. The molecule has 0 amide bonds. The molecule has 0 saturated carbocycles. The van der Waals surface area contributed by atoms with Gasteiger partial charge in [-0.2, -0.15) is 5.10 Å². The van der Waals surface area contributed by atoms with E-state index >= 15 is 0 Å². The third kappa shape index (κ3) is 4.44. The van der Waals surface area contributed by atoms with Crippen LogP contribution in [0, 0.1) is 15.9 Å². The van der Waals surface area contributed by atoms with Crippen molar-refractivity contribution >= 4 is 45.1 Å². The average molecular weight is 487 g/mol. The van der Waals surface area contributed by atoms with Crippen molar-refractivity contribution in [2.45, 2.75) is 0 Å². The van der Waals surface area contributed by atoms with Crippen molar-refractivity contribution in [3.63, 3.8) is 0 Å². The van der Waals surface area contributed by atoms with E-state index in [1.807, 2.05) is 29.6 Å². The molecule has 0 aliphatic carbocycles. The lowest BCUT2D eigenvalue weighted by molar-refractivity contribution is -0.402. The second-order valence-corrected chi connectivity index (χ2v) is 7.74. The molecule has 0 saturated heterocycles. The van der Waals surface area contributed by atoms with Crippen molar-refractivity contribution in [1.29, 1.82) is 0 Å². The van der Waals surface area contributed by atoms with Crippen molar-refractivity contribution in [1.82, 2.24) is 4.68 Å². The number of hydrogen-bond acceptors (Lipinski definition) is 6. The van der Waals surface area contributed by atoms with E-state index < -0.39 is 4.92 Å². The van der Waals surface area contributed by atoms with Crippen LogP contribution >= 0.6 is 27.3 Å². The number of hydrogen-bond donors (Lipinski definition) is 0. The highest BCUT2D eigenvalue weighted by Crippen LogP contribution is 2.23. The number of halogens is 2.